The van der Waals surface area contributed by atoms with Gasteiger partial charge in [-0.3, -0.25) is 9.69 Å². The highest BCUT2D eigenvalue weighted by molar-refractivity contribution is 5.91. The van der Waals surface area contributed by atoms with Gasteiger partial charge in [-0.2, -0.15) is 0 Å². The predicted molar refractivity (Wildman–Crippen MR) is 116 cm³/mol. The molecule has 1 fully saturated rings. The fourth-order valence-electron chi connectivity index (χ4n) is 3.35. The van der Waals surface area contributed by atoms with Crippen LogP contribution in [0, 0.1) is 0 Å². The van der Waals surface area contributed by atoms with Gasteiger partial charge in [0.2, 0.25) is 5.91 Å². The molecule has 150 valence electrons. The molecule has 2 aromatic carbocycles. The molecule has 0 bridgehead atoms. The normalized spacial score (nSPS) is 14.6. The number of hydrogen-bond acceptors (Lipinski definition) is 5. The fraction of sp³-hybridized carbons (Fsp3) is 0.409. The second-order valence-corrected chi connectivity index (χ2v) is 7.27. The van der Waals surface area contributed by atoms with E-state index in [-0.39, 0.29) is 5.91 Å². The number of nitrogens with zero attached hydrogens (tertiary/aromatic N) is 3. The van der Waals surface area contributed by atoms with Crippen LogP contribution in [0.5, 0.6) is 5.75 Å². The van der Waals surface area contributed by atoms with Crippen LogP contribution in [0.25, 0.3) is 0 Å². The molecule has 3 rings (SSSR count). The van der Waals surface area contributed by atoms with Crippen molar-refractivity contribution in [1.82, 2.24) is 4.90 Å². The van der Waals surface area contributed by atoms with Crippen LogP contribution in [-0.2, 0) is 4.79 Å². The zero-order valence-electron chi connectivity index (χ0n) is 17.0. The summed E-state index contributed by atoms with van der Waals surface area (Å²) >= 11 is 0. The lowest BCUT2D eigenvalue weighted by molar-refractivity contribution is -0.116. The van der Waals surface area contributed by atoms with E-state index in [1.807, 2.05) is 55.4 Å². The minimum absolute atomic E-state index is 0.0650. The number of piperazine rings is 1. The number of benzene rings is 2. The summed E-state index contributed by atoms with van der Waals surface area (Å²) in [5.74, 6) is 0.944. The number of anilines is 3. The van der Waals surface area contributed by atoms with Gasteiger partial charge in [0, 0.05) is 70.3 Å². The van der Waals surface area contributed by atoms with Crippen LogP contribution >= 0.6 is 0 Å². The maximum Gasteiger partial charge on any atom is 0.225 e. The van der Waals surface area contributed by atoms with Gasteiger partial charge in [-0.1, -0.05) is 0 Å². The number of carbonyl (C=O) groups is 1. The Morgan fingerprint density at radius 2 is 1.64 bits per heavy atom. The summed E-state index contributed by atoms with van der Waals surface area (Å²) in [6, 6.07) is 16.1. The summed E-state index contributed by atoms with van der Waals surface area (Å²) in [5.41, 5.74) is 3.19. The van der Waals surface area contributed by atoms with Crippen molar-refractivity contribution in [3.63, 3.8) is 0 Å². The van der Waals surface area contributed by atoms with E-state index in [4.69, 9.17) is 4.74 Å². The van der Waals surface area contributed by atoms with Crippen LogP contribution < -0.4 is 19.9 Å². The Kier molecular flexibility index (Phi) is 6.76. The zero-order valence-corrected chi connectivity index (χ0v) is 17.0. The Morgan fingerprint density at radius 1 is 1.00 bits per heavy atom. The van der Waals surface area contributed by atoms with Gasteiger partial charge >= 0.3 is 0 Å². The summed E-state index contributed by atoms with van der Waals surface area (Å²) in [5, 5.41) is 2.99. The van der Waals surface area contributed by atoms with Crippen LogP contribution in [0.15, 0.2) is 48.5 Å². The van der Waals surface area contributed by atoms with Gasteiger partial charge in [0.1, 0.15) is 5.75 Å². The highest BCUT2D eigenvalue weighted by atomic mass is 16.5. The molecule has 0 spiro atoms. The first kappa shape index (κ1) is 20.0. The molecule has 1 N–H and O–H groups in total. The second kappa shape index (κ2) is 9.46. The summed E-state index contributed by atoms with van der Waals surface area (Å²) < 4.78 is 5.22. The minimum atomic E-state index is 0.0650. The van der Waals surface area contributed by atoms with Gasteiger partial charge in [-0.05, 0) is 48.5 Å². The van der Waals surface area contributed by atoms with E-state index in [9.17, 15) is 4.79 Å². The van der Waals surface area contributed by atoms with Crippen LogP contribution in [0.2, 0.25) is 0 Å². The molecule has 0 saturated carbocycles. The molecular formula is C22H30N4O2. The largest absolute Gasteiger partial charge is 0.497 e. The topological polar surface area (TPSA) is 48.1 Å². The molecule has 1 amide bonds. The van der Waals surface area contributed by atoms with Crippen molar-refractivity contribution in [2.75, 3.05) is 69.0 Å². The van der Waals surface area contributed by atoms with Crippen molar-refractivity contribution in [3.8, 4) is 5.75 Å². The van der Waals surface area contributed by atoms with E-state index >= 15 is 0 Å². The molecule has 6 heteroatoms. The summed E-state index contributed by atoms with van der Waals surface area (Å²) in [6.45, 7) is 4.67. The third-order valence-corrected chi connectivity index (χ3v) is 5.13. The third-order valence-electron chi connectivity index (χ3n) is 5.13. The lowest BCUT2D eigenvalue weighted by Gasteiger charge is -2.36. The smallest absolute Gasteiger partial charge is 0.225 e. The van der Waals surface area contributed by atoms with Crippen molar-refractivity contribution in [2.24, 2.45) is 0 Å². The van der Waals surface area contributed by atoms with Crippen LogP contribution in [0.4, 0.5) is 17.1 Å². The number of amides is 1. The zero-order chi connectivity index (χ0) is 19.9. The van der Waals surface area contributed by atoms with Crippen LogP contribution in [-0.4, -0.2) is 64.7 Å². The van der Waals surface area contributed by atoms with E-state index in [1.165, 1.54) is 5.69 Å². The first-order valence-corrected chi connectivity index (χ1v) is 9.74. The minimum Gasteiger partial charge on any atom is -0.497 e. The molecule has 1 saturated heterocycles. The average molecular weight is 383 g/mol. The molecule has 28 heavy (non-hydrogen) atoms. The van der Waals surface area contributed by atoms with E-state index in [0.29, 0.717) is 6.42 Å². The van der Waals surface area contributed by atoms with E-state index < -0.39 is 0 Å². The Morgan fingerprint density at radius 3 is 2.21 bits per heavy atom. The Hall–Kier alpha value is -2.73. The van der Waals surface area contributed by atoms with Crippen molar-refractivity contribution in [2.45, 2.75) is 6.42 Å². The average Bonchev–Trinajstić information content (AvgIpc) is 2.73. The summed E-state index contributed by atoms with van der Waals surface area (Å²) in [4.78, 5) is 19.0. The number of hydrogen-bond donors (Lipinski definition) is 1. The Bertz CT molecular complexity index is 751. The van der Waals surface area contributed by atoms with Crippen LogP contribution in [0.3, 0.4) is 0 Å². The molecule has 2 aromatic rings. The van der Waals surface area contributed by atoms with Crippen molar-refractivity contribution >= 4 is 23.0 Å². The number of ether oxygens (including phenoxy) is 1. The highest BCUT2D eigenvalue weighted by Gasteiger charge is 2.18. The lowest BCUT2D eigenvalue weighted by atomic mass is 10.2. The molecule has 0 unspecified atom stereocenters. The molecule has 0 aliphatic carbocycles. The molecule has 1 aliphatic rings. The summed E-state index contributed by atoms with van der Waals surface area (Å²) in [7, 11) is 5.69. The molecule has 6 nitrogen and oxygen atoms in total. The molecule has 1 heterocycles. The molecule has 0 radical (unpaired) electrons. The highest BCUT2D eigenvalue weighted by Crippen LogP contribution is 2.20. The molecule has 0 atom stereocenters. The molecule has 1 aliphatic heterocycles. The number of rotatable bonds is 7. The maximum atomic E-state index is 12.2. The number of nitrogens with one attached hydrogen (secondary N) is 1. The van der Waals surface area contributed by atoms with E-state index in [1.54, 1.807) is 7.11 Å². The maximum absolute atomic E-state index is 12.2. The van der Waals surface area contributed by atoms with Gasteiger partial charge in [0.15, 0.2) is 0 Å². The quantitative estimate of drug-likeness (QED) is 0.798. The fourth-order valence-corrected chi connectivity index (χ4v) is 3.35. The van der Waals surface area contributed by atoms with Gasteiger partial charge in [0.05, 0.1) is 7.11 Å². The van der Waals surface area contributed by atoms with Gasteiger partial charge < -0.3 is 19.9 Å². The SMILES string of the molecule is COc1ccc(N2CCN(CCC(=O)Nc3ccc(N(C)C)cc3)CC2)cc1. The molecular weight excluding hydrogens is 352 g/mol. The Balaban J connectivity index is 1.40. The number of carbonyl (C=O) groups excluding carboxylic acids is 1. The number of methoxy groups -OCH3 is 1. The lowest BCUT2D eigenvalue weighted by Crippen LogP contribution is -2.47. The monoisotopic (exact) mass is 382 g/mol. The van der Waals surface area contributed by atoms with Gasteiger partial charge in [0.25, 0.3) is 0 Å². The Labute approximate surface area is 167 Å². The van der Waals surface area contributed by atoms with Gasteiger partial charge in [-0.25, -0.2) is 0 Å². The first-order chi connectivity index (χ1) is 13.5. The summed E-state index contributed by atoms with van der Waals surface area (Å²) in [6.07, 6.45) is 0.512. The van der Waals surface area contributed by atoms with Gasteiger partial charge in [-0.15, -0.1) is 0 Å². The van der Waals surface area contributed by atoms with E-state index in [2.05, 4.69) is 27.2 Å². The standard InChI is InChI=1S/C22H30N4O2/c1-24(2)19-6-4-18(5-7-19)23-22(27)12-13-25-14-16-26(17-15-25)20-8-10-21(28-3)11-9-20/h4-11H,12-17H2,1-3H3,(H,23,27). The van der Waals surface area contributed by atoms with E-state index in [0.717, 1.165) is 49.8 Å². The van der Waals surface area contributed by atoms with Crippen LogP contribution in [0.1, 0.15) is 6.42 Å². The van der Waals surface area contributed by atoms with Crippen molar-refractivity contribution in [1.29, 1.82) is 0 Å². The second-order valence-electron chi connectivity index (χ2n) is 7.27. The predicted octanol–water partition coefficient (Wildman–Crippen LogP) is 2.91. The van der Waals surface area contributed by atoms with Crippen molar-refractivity contribution < 1.29 is 9.53 Å². The molecule has 0 aromatic heterocycles. The third kappa shape index (κ3) is 5.39. The first-order valence-electron chi connectivity index (χ1n) is 9.74. The van der Waals surface area contributed by atoms with Crippen molar-refractivity contribution in [3.05, 3.63) is 48.5 Å².